The fourth-order valence-corrected chi connectivity index (χ4v) is 3.62. The summed E-state index contributed by atoms with van der Waals surface area (Å²) in [6, 6.07) is 10.9. The number of aromatic nitrogens is 4. The summed E-state index contributed by atoms with van der Waals surface area (Å²) in [6.07, 6.45) is 0. The van der Waals surface area contributed by atoms with Crippen LogP contribution in [-0.2, 0) is 0 Å². The number of nitrogens with one attached hydrogen (secondary N) is 1. The van der Waals surface area contributed by atoms with Gasteiger partial charge in [-0.15, -0.1) is 15.3 Å². The van der Waals surface area contributed by atoms with Crippen molar-refractivity contribution >= 4 is 17.2 Å². The van der Waals surface area contributed by atoms with E-state index in [1.807, 2.05) is 0 Å². The minimum atomic E-state index is -0.670. The molecular weight excluding hydrogens is 500 g/mol. The van der Waals surface area contributed by atoms with Gasteiger partial charge in [-0.3, -0.25) is 14.9 Å². The number of hydrogen-bond acceptors (Lipinski definition) is 11. The van der Waals surface area contributed by atoms with Crippen molar-refractivity contribution in [1.82, 2.24) is 25.1 Å². The number of amides is 1. The Bertz CT molecular complexity index is 1490. The average molecular weight is 524 g/mol. The van der Waals surface area contributed by atoms with Crippen molar-refractivity contribution in [3.63, 3.8) is 0 Å². The Morgan fingerprint density at radius 3 is 2.37 bits per heavy atom. The number of carbonyl (C=O) groups is 1. The lowest BCUT2D eigenvalue weighted by atomic mass is 10.1. The second-order valence-electron chi connectivity index (χ2n) is 7.62. The minimum Gasteiger partial charge on any atom is -0.497 e. The molecule has 0 fully saturated rings. The van der Waals surface area contributed by atoms with Gasteiger partial charge < -0.3 is 29.0 Å². The van der Waals surface area contributed by atoms with E-state index >= 15 is 0 Å². The van der Waals surface area contributed by atoms with Crippen LogP contribution < -0.4 is 29.0 Å². The molecule has 14 nitrogen and oxygen atoms in total. The van der Waals surface area contributed by atoms with E-state index in [1.165, 1.54) is 24.8 Å². The third-order valence-corrected chi connectivity index (χ3v) is 5.47. The van der Waals surface area contributed by atoms with Crippen LogP contribution in [-0.4, -0.2) is 72.2 Å². The highest BCUT2D eigenvalue weighted by Crippen LogP contribution is 2.35. The fraction of sp³-hybridized carbons (Fsp3) is 0.250. The molecule has 0 radical (unpaired) electrons. The van der Waals surface area contributed by atoms with Crippen LogP contribution in [0.3, 0.4) is 0 Å². The number of hydrogen-bond donors (Lipinski definition) is 1. The van der Waals surface area contributed by atoms with Crippen LogP contribution in [0.4, 0.5) is 5.69 Å². The van der Waals surface area contributed by atoms with Crippen molar-refractivity contribution in [2.75, 3.05) is 41.6 Å². The molecule has 0 saturated heterocycles. The van der Waals surface area contributed by atoms with Gasteiger partial charge in [-0.05, 0) is 24.3 Å². The van der Waals surface area contributed by atoms with E-state index in [0.29, 0.717) is 28.5 Å². The summed E-state index contributed by atoms with van der Waals surface area (Å²) >= 11 is 0. The molecule has 0 aliphatic heterocycles. The van der Waals surface area contributed by atoms with Crippen molar-refractivity contribution < 1.29 is 33.4 Å². The van der Waals surface area contributed by atoms with Crippen LogP contribution >= 0.6 is 0 Å². The minimum absolute atomic E-state index is 0.0330. The zero-order chi connectivity index (χ0) is 27.2. The van der Waals surface area contributed by atoms with Crippen molar-refractivity contribution in [3.05, 3.63) is 58.1 Å². The summed E-state index contributed by atoms with van der Waals surface area (Å²) in [5.74, 6) is 1.48. The second kappa shape index (κ2) is 11.3. The standard InChI is InChI=1S/C24H24N6O8/c1-34-14-5-6-18(35-2)16(11-14)23-27-26-21-7-8-22(28-29(21)23)38-10-9-25-24(31)15-12-19(36-3)20(37-4)13-17(15)30(32)33/h5-8,11-13H,9-10H2,1-4H3,(H,25,31). The molecule has 0 bridgehead atoms. The number of rotatable bonds is 11. The first-order valence-electron chi connectivity index (χ1n) is 11.2. The van der Waals surface area contributed by atoms with Crippen molar-refractivity contribution in [2.24, 2.45) is 0 Å². The maximum absolute atomic E-state index is 12.7. The Labute approximate surface area is 216 Å². The van der Waals surface area contributed by atoms with Gasteiger partial charge >= 0.3 is 0 Å². The quantitative estimate of drug-likeness (QED) is 0.174. The molecule has 38 heavy (non-hydrogen) atoms. The van der Waals surface area contributed by atoms with E-state index in [-0.39, 0.29) is 36.1 Å². The van der Waals surface area contributed by atoms with E-state index in [2.05, 4.69) is 20.6 Å². The second-order valence-corrected chi connectivity index (χ2v) is 7.62. The van der Waals surface area contributed by atoms with Crippen LogP contribution in [0.5, 0.6) is 28.9 Å². The summed E-state index contributed by atoms with van der Waals surface area (Å²) in [6.45, 7) is 0.0774. The molecule has 0 spiro atoms. The van der Waals surface area contributed by atoms with Gasteiger partial charge in [-0.1, -0.05) is 0 Å². The normalized spacial score (nSPS) is 10.6. The molecule has 198 valence electrons. The molecule has 4 rings (SSSR count). The number of benzene rings is 2. The smallest absolute Gasteiger partial charge is 0.286 e. The molecule has 1 amide bonds. The molecule has 2 aromatic heterocycles. The number of nitro benzene ring substituents is 1. The Morgan fingerprint density at radius 1 is 0.947 bits per heavy atom. The van der Waals surface area contributed by atoms with Crippen LogP contribution in [0.1, 0.15) is 10.4 Å². The molecule has 0 unspecified atom stereocenters. The molecule has 0 saturated carbocycles. The topological polar surface area (TPSA) is 161 Å². The van der Waals surface area contributed by atoms with Gasteiger partial charge in [-0.25, -0.2) is 0 Å². The SMILES string of the molecule is COc1ccc(OC)c(-c2nnc3ccc(OCCNC(=O)c4cc(OC)c(OC)cc4[N+](=O)[O-])nn23)c1. The average Bonchev–Trinajstić information content (AvgIpc) is 3.37. The third kappa shape index (κ3) is 5.18. The zero-order valence-electron chi connectivity index (χ0n) is 21.0. The number of ether oxygens (including phenoxy) is 5. The summed E-state index contributed by atoms with van der Waals surface area (Å²) in [5, 5.41) is 26.9. The lowest BCUT2D eigenvalue weighted by Gasteiger charge is -2.11. The highest BCUT2D eigenvalue weighted by atomic mass is 16.6. The largest absolute Gasteiger partial charge is 0.497 e. The van der Waals surface area contributed by atoms with E-state index in [0.717, 1.165) is 6.07 Å². The Balaban J connectivity index is 1.47. The first-order chi connectivity index (χ1) is 18.4. The first-order valence-corrected chi connectivity index (χ1v) is 11.2. The van der Waals surface area contributed by atoms with Crippen LogP contribution in [0.25, 0.3) is 17.0 Å². The van der Waals surface area contributed by atoms with Crippen molar-refractivity contribution in [1.29, 1.82) is 0 Å². The molecular formula is C24H24N6O8. The van der Waals surface area contributed by atoms with Gasteiger partial charge in [0.1, 0.15) is 23.7 Å². The molecule has 14 heteroatoms. The molecule has 0 aliphatic carbocycles. The van der Waals surface area contributed by atoms with Crippen molar-refractivity contribution in [2.45, 2.75) is 0 Å². The summed E-state index contributed by atoms with van der Waals surface area (Å²) in [5.41, 5.74) is 0.508. The fourth-order valence-electron chi connectivity index (χ4n) is 3.62. The van der Waals surface area contributed by atoms with Crippen LogP contribution in [0, 0.1) is 10.1 Å². The summed E-state index contributed by atoms with van der Waals surface area (Å²) in [7, 11) is 5.82. The molecule has 0 aliphatic rings. The molecule has 4 aromatic rings. The number of carbonyl (C=O) groups excluding carboxylic acids is 1. The number of fused-ring (bicyclic) bond motifs is 1. The van der Waals surface area contributed by atoms with Gasteiger partial charge in [0.25, 0.3) is 11.6 Å². The van der Waals surface area contributed by atoms with E-state index in [4.69, 9.17) is 23.7 Å². The number of nitro groups is 1. The van der Waals surface area contributed by atoms with Gasteiger partial charge in [0.15, 0.2) is 23.0 Å². The predicted octanol–water partition coefficient (Wildman–Crippen LogP) is 2.54. The maximum Gasteiger partial charge on any atom is 0.286 e. The zero-order valence-corrected chi connectivity index (χ0v) is 21.0. The maximum atomic E-state index is 12.7. The molecule has 0 atom stereocenters. The van der Waals surface area contributed by atoms with Gasteiger partial charge in [0.2, 0.25) is 5.88 Å². The summed E-state index contributed by atoms with van der Waals surface area (Å²) < 4.78 is 28.2. The van der Waals surface area contributed by atoms with Crippen LogP contribution in [0.2, 0.25) is 0 Å². The Hall–Kier alpha value is -5.14. The molecule has 2 aromatic carbocycles. The highest BCUT2D eigenvalue weighted by Gasteiger charge is 2.24. The highest BCUT2D eigenvalue weighted by molar-refractivity contribution is 5.99. The van der Waals surface area contributed by atoms with Gasteiger partial charge in [-0.2, -0.15) is 4.52 Å². The monoisotopic (exact) mass is 524 g/mol. The van der Waals surface area contributed by atoms with Crippen LogP contribution in [0.15, 0.2) is 42.5 Å². The lowest BCUT2D eigenvalue weighted by molar-refractivity contribution is -0.385. The first kappa shape index (κ1) is 25.9. The van der Waals surface area contributed by atoms with E-state index in [9.17, 15) is 14.9 Å². The number of nitrogens with zero attached hydrogens (tertiary/aromatic N) is 5. The Morgan fingerprint density at radius 2 is 1.68 bits per heavy atom. The molecule has 2 heterocycles. The number of methoxy groups -OCH3 is 4. The van der Waals surface area contributed by atoms with E-state index in [1.54, 1.807) is 44.6 Å². The van der Waals surface area contributed by atoms with E-state index < -0.39 is 16.5 Å². The lowest BCUT2D eigenvalue weighted by Crippen LogP contribution is -2.28. The van der Waals surface area contributed by atoms with Gasteiger partial charge in [0.05, 0.1) is 51.5 Å². The molecule has 1 N–H and O–H groups in total. The third-order valence-electron chi connectivity index (χ3n) is 5.47. The van der Waals surface area contributed by atoms with Gasteiger partial charge in [0, 0.05) is 12.1 Å². The van der Waals surface area contributed by atoms with Crippen molar-refractivity contribution in [3.8, 4) is 40.3 Å². The summed E-state index contributed by atoms with van der Waals surface area (Å²) in [4.78, 5) is 23.5. The Kier molecular flexibility index (Phi) is 7.70. The predicted molar refractivity (Wildman–Crippen MR) is 133 cm³/mol.